The number of hydrogen-bond acceptors (Lipinski definition) is 21. The fraction of sp³-hybridized carbons (Fsp3) is 0.778. The van der Waals surface area contributed by atoms with Crippen molar-refractivity contribution in [2.24, 2.45) is 0 Å². The van der Waals surface area contributed by atoms with Gasteiger partial charge in [0, 0.05) is 98.1 Å². The van der Waals surface area contributed by atoms with Gasteiger partial charge in [0.2, 0.25) is 0 Å². The third-order valence-electron chi connectivity index (χ3n) is 5.20. The van der Waals surface area contributed by atoms with Gasteiger partial charge >= 0.3 is 36.9 Å². The van der Waals surface area contributed by atoms with Crippen molar-refractivity contribution in [3.63, 3.8) is 0 Å². The molecule has 0 bridgehead atoms. The van der Waals surface area contributed by atoms with Crippen LogP contribution in [0.15, 0.2) is 0 Å². The van der Waals surface area contributed by atoms with Gasteiger partial charge in [-0.3, -0.25) is 0 Å². The third-order valence-corrected chi connectivity index (χ3v) is 5.20. The molecule has 3 radical (unpaired) electrons. The predicted octanol–water partition coefficient (Wildman–Crippen LogP) is 1.58. The molecule has 0 spiro atoms. The van der Waals surface area contributed by atoms with Crippen molar-refractivity contribution < 1.29 is 199 Å². The van der Waals surface area contributed by atoms with E-state index in [1.165, 1.54) is 0 Å². The molecule has 0 saturated heterocycles. The Hall–Kier alpha value is -1.19. The molecular formula is C27H44O21Y3. The van der Waals surface area contributed by atoms with Crippen LogP contribution in [0.3, 0.4) is 0 Å². The van der Waals surface area contributed by atoms with Crippen molar-refractivity contribution >= 4 is 36.9 Å². The van der Waals surface area contributed by atoms with Crippen LogP contribution in [0.2, 0.25) is 0 Å². The zero-order valence-corrected chi connectivity index (χ0v) is 37.1. The quantitative estimate of drug-likeness (QED) is 0.0745. The molecule has 0 aliphatic heterocycles. The molecule has 3 atom stereocenters. The standard InChI is InChI=1S/C27H44O21.3Y/c1-4-18(28)13-43-22(31)37-7-9-40-25(34)46-16-21(48-27(36)42-12-11-39-24(33)45-15-20(30)6-3)17-47-26(35)41-10-8-38-23(32)44-14-19(29)5-2;;;/h18-21,28-30H,4-17H2,1-3H3;;;. The van der Waals surface area contributed by atoms with E-state index in [9.17, 15) is 44.1 Å². The van der Waals surface area contributed by atoms with Gasteiger partial charge in [-0.1, -0.05) is 20.8 Å². The molecule has 0 rings (SSSR count). The Bertz CT molecular complexity index is 909. The Morgan fingerprint density at radius 3 is 0.824 bits per heavy atom. The van der Waals surface area contributed by atoms with Gasteiger partial charge in [0.25, 0.3) is 0 Å². The van der Waals surface area contributed by atoms with Crippen molar-refractivity contribution in [3.8, 4) is 0 Å². The predicted molar refractivity (Wildman–Crippen MR) is 152 cm³/mol. The van der Waals surface area contributed by atoms with Gasteiger partial charge in [-0.2, -0.15) is 0 Å². The second-order valence-corrected chi connectivity index (χ2v) is 9.07. The number of hydrogen-bond donors (Lipinski definition) is 3. The zero-order valence-electron chi connectivity index (χ0n) is 28.6. The molecule has 0 aliphatic carbocycles. The molecule has 3 N–H and O–H groups in total. The van der Waals surface area contributed by atoms with Gasteiger partial charge < -0.3 is 72.2 Å². The van der Waals surface area contributed by atoms with Crippen LogP contribution in [0.4, 0.5) is 28.8 Å². The minimum atomic E-state index is -1.48. The van der Waals surface area contributed by atoms with Crippen LogP contribution in [0, 0.1) is 0 Å². The summed E-state index contributed by atoms with van der Waals surface area (Å²) in [5.41, 5.74) is 0. The summed E-state index contributed by atoms with van der Waals surface area (Å²) in [7, 11) is 0. The maximum atomic E-state index is 12.1. The summed E-state index contributed by atoms with van der Waals surface area (Å²) in [6, 6.07) is 0. The molecule has 0 aromatic rings. The molecule has 0 saturated carbocycles. The first-order valence-corrected chi connectivity index (χ1v) is 14.7. The molecule has 0 aromatic heterocycles. The van der Waals surface area contributed by atoms with Gasteiger partial charge in [-0.15, -0.1) is 0 Å². The Morgan fingerprint density at radius 2 is 0.588 bits per heavy atom. The Balaban J connectivity index is -0.00000368. The van der Waals surface area contributed by atoms with Crippen molar-refractivity contribution in [1.82, 2.24) is 0 Å². The average molecular weight is 971 g/mol. The normalized spacial score (nSPS) is 12.1. The summed E-state index contributed by atoms with van der Waals surface area (Å²) in [4.78, 5) is 70.1. The number of rotatable bonds is 23. The third kappa shape index (κ3) is 35.6. The molecule has 0 heterocycles. The van der Waals surface area contributed by atoms with Gasteiger partial charge in [-0.25, -0.2) is 28.8 Å². The van der Waals surface area contributed by atoms with Gasteiger partial charge in [0.15, 0.2) is 6.10 Å². The average Bonchev–Trinajstić information content (AvgIpc) is 3.08. The molecule has 0 amide bonds. The van der Waals surface area contributed by atoms with Crippen LogP contribution >= 0.6 is 0 Å². The number of ether oxygens (including phenoxy) is 12. The molecule has 3 unspecified atom stereocenters. The Kier molecular flexibility index (Phi) is 41.2. The number of carbonyl (C=O) groups is 6. The summed E-state index contributed by atoms with van der Waals surface area (Å²) in [5.74, 6) is 0. The van der Waals surface area contributed by atoms with E-state index in [-0.39, 0.29) is 118 Å². The van der Waals surface area contributed by atoms with Crippen molar-refractivity contribution in [1.29, 1.82) is 0 Å². The first-order valence-electron chi connectivity index (χ1n) is 14.7. The number of aliphatic hydroxyl groups is 3. The second-order valence-electron chi connectivity index (χ2n) is 9.07. The molecule has 0 aliphatic rings. The molecule has 0 aromatic carbocycles. The minimum Gasteiger partial charge on any atom is -0.432 e. The number of aliphatic hydroxyl groups excluding tert-OH is 3. The summed E-state index contributed by atoms with van der Waals surface area (Å²) in [6.45, 7) is -0.0217. The van der Waals surface area contributed by atoms with Gasteiger partial charge in [0.1, 0.15) is 72.7 Å². The first-order chi connectivity index (χ1) is 22.9. The molecule has 21 nitrogen and oxygen atoms in total. The van der Waals surface area contributed by atoms with E-state index >= 15 is 0 Å². The molecule has 24 heteroatoms. The fourth-order valence-electron chi connectivity index (χ4n) is 2.41. The van der Waals surface area contributed by atoms with Crippen LogP contribution in [-0.2, 0) is 155 Å². The monoisotopic (exact) mass is 971 g/mol. The summed E-state index contributed by atoms with van der Waals surface area (Å²) in [6.07, 6.45) is -10.3. The van der Waals surface area contributed by atoms with Crippen molar-refractivity contribution in [2.45, 2.75) is 64.4 Å². The number of carbonyl (C=O) groups excluding carboxylic acids is 6. The van der Waals surface area contributed by atoms with Gasteiger partial charge in [-0.05, 0) is 19.3 Å². The summed E-state index contributed by atoms with van der Waals surface area (Å²) < 4.78 is 56.5. The van der Waals surface area contributed by atoms with Crippen LogP contribution in [0.1, 0.15) is 40.0 Å². The van der Waals surface area contributed by atoms with E-state index in [4.69, 9.17) is 28.4 Å². The minimum absolute atomic E-state index is 0. The first kappa shape index (κ1) is 56.5. The summed E-state index contributed by atoms with van der Waals surface area (Å²) >= 11 is 0. The van der Waals surface area contributed by atoms with Crippen LogP contribution in [-0.4, -0.2) is 149 Å². The van der Waals surface area contributed by atoms with Crippen molar-refractivity contribution in [2.75, 3.05) is 72.7 Å². The van der Waals surface area contributed by atoms with E-state index < -0.39 is 114 Å². The summed E-state index contributed by atoms with van der Waals surface area (Å²) in [5, 5.41) is 28.1. The van der Waals surface area contributed by atoms with Crippen molar-refractivity contribution in [3.05, 3.63) is 0 Å². The fourth-order valence-corrected chi connectivity index (χ4v) is 2.41. The Morgan fingerprint density at radius 1 is 0.373 bits per heavy atom. The zero-order chi connectivity index (χ0) is 36.2. The maximum Gasteiger partial charge on any atom is 0.508 e. The van der Waals surface area contributed by atoms with Crippen LogP contribution < -0.4 is 0 Å². The second kappa shape index (κ2) is 37.1. The topological polar surface area (TPSA) is 274 Å². The SMILES string of the molecule is CCC(O)COC(=O)OCCOC(=O)OCC(COC(=O)OCCOC(=O)OCC(O)CC)OC(=O)OCCOC(=O)OCC(O)CC.[Y].[Y].[Y]. The maximum absolute atomic E-state index is 12.1. The molecule has 0 fully saturated rings. The Labute approximate surface area is 369 Å². The molecule has 287 valence electrons. The van der Waals surface area contributed by atoms with Crippen LogP contribution in [0.5, 0.6) is 0 Å². The largest absolute Gasteiger partial charge is 0.508 e. The van der Waals surface area contributed by atoms with E-state index in [1.54, 1.807) is 20.8 Å². The van der Waals surface area contributed by atoms with Gasteiger partial charge in [0.05, 0.1) is 18.3 Å². The van der Waals surface area contributed by atoms with E-state index in [2.05, 4.69) is 28.4 Å². The van der Waals surface area contributed by atoms with Crippen LogP contribution in [0.25, 0.3) is 0 Å². The molecule has 51 heavy (non-hydrogen) atoms. The van der Waals surface area contributed by atoms with E-state index in [0.717, 1.165) is 0 Å². The smallest absolute Gasteiger partial charge is 0.432 e. The van der Waals surface area contributed by atoms with E-state index in [1.807, 2.05) is 0 Å². The van der Waals surface area contributed by atoms with E-state index in [0.29, 0.717) is 19.3 Å². The molecular weight excluding hydrogens is 927 g/mol.